The first-order valence-electron chi connectivity index (χ1n) is 6.97. The number of benzene rings is 1. The Morgan fingerprint density at radius 3 is 2.08 bits per heavy atom. The van der Waals surface area contributed by atoms with Crippen LogP contribution in [0.3, 0.4) is 0 Å². The molecule has 10 heteroatoms. The van der Waals surface area contributed by atoms with E-state index in [-0.39, 0.29) is 42.4 Å². The fourth-order valence-electron chi connectivity index (χ4n) is 1.64. The zero-order valence-corrected chi connectivity index (χ0v) is 15.5. The van der Waals surface area contributed by atoms with Crippen LogP contribution in [0.4, 0.5) is 18.9 Å². The Morgan fingerprint density at radius 2 is 1.65 bits per heavy atom. The molecule has 1 amide bonds. The highest BCUT2D eigenvalue weighted by Gasteiger charge is 2.30. The molecule has 1 aromatic carbocycles. The Labute approximate surface area is 161 Å². The van der Waals surface area contributed by atoms with Crippen molar-refractivity contribution in [2.24, 2.45) is 5.73 Å². The first kappa shape index (κ1) is 24.0. The lowest BCUT2D eigenvalue weighted by molar-refractivity contribution is -0.137. The van der Waals surface area contributed by atoms with Gasteiger partial charge in [-0.2, -0.15) is 13.2 Å². The lowest BCUT2D eigenvalue weighted by Crippen LogP contribution is -2.45. The summed E-state index contributed by atoms with van der Waals surface area (Å²) in [5.74, 6) is 0.0239. The van der Waals surface area contributed by atoms with Gasteiger partial charge in [0.1, 0.15) is 5.75 Å². The van der Waals surface area contributed by atoms with Crippen LogP contribution in [-0.4, -0.2) is 16.4 Å². The third-order valence-electron chi connectivity index (χ3n) is 2.98. The summed E-state index contributed by atoms with van der Waals surface area (Å²) in [6.45, 7) is 3.13. The number of nitrogens with one attached hydrogen (secondary N) is 1. The van der Waals surface area contributed by atoms with Crippen molar-refractivity contribution in [3.8, 4) is 11.6 Å². The number of pyridine rings is 1. The van der Waals surface area contributed by atoms with Gasteiger partial charge in [-0.15, -0.1) is 24.8 Å². The quantitative estimate of drug-likeness (QED) is 0.780. The summed E-state index contributed by atoms with van der Waals surface area (Å²) >= 11 is 0. The van der Waals surface area contributed by atoms with Crippen molar-refractivity contribution in [3.63, 3.8) is 0 Å². The maximum Gasteiger partial charge on any atom is 0.416 e. The molecule has 0 aliphatic rings. The van der Waals surface area contributed by atoms with Crippen LogP contribution in [0, 0.1) is 0 Å². The monoisotopic (exact) mass is 411 g/mol. The molecule has 5 nitrogen and oxygen atoms in total. The maximum atomic E-state index is 12.5. The molecule has 0 fully saturated rings. The molecule has 0 unspecified atom stereocenters. The smallest absolute Gasteiger partial charge is 0.416 e. The number of halogens is 5. The number of amides is 1. The molecule has 0 aliphatic heterocycles. The molecule has 0 saturated heterocycles. The van der Waals surface area contributed by atoms with E-state index in [0.29, 0.717) is 5.69 Å². The molecule has 3 N–H and O–H groups in total. The number of aromatic nitrogens is 1. The molecular weight excluding hydrogens is 394 g/mol. The van der Waals surface area contributed by atoms with Crippen molar-refractivity contribution in [2.75, 3.05) is 5.32 Å². The van der Waals surface area contributed by atoms with Gasteiger partial charge >= 0.3 is 6.18 Å². The summed E-state index contributed by atoms with van der Waals surface area (Å²) in [4.78, 5) is 15.7. The molecule has 2 rings (SSSR count). The van der Waals surface area contributed by atoms with E-state index in [1.54, 1.807) is 19.9 Å². The van der Waals surface area contributed by atoms with E-state index in [1.807, 2.05) is 0 Å². The lowest BCUT2D eigenvalue weighted by Gasteiger charge is -2.17. The van der Waals surface area contributed by atoms with Gasteiger partial charge in [-0.05, 0) is 44.2 Å². The number of hydrogen-bond donors (Lipinski definition) is 2. The molecule has 0 bridgehead atoms. The molecular formula is C16H18Cl2F3N3O2. The minimum absolute atomic E-state index is 0. The van der Waals surface area contributed by atoms with Gasteiger partial charge in [0.25, 0.3) is 0 Å². The molecule has 26 heavy (non-hydrogen) atoms. The standard InChI is InChI=1S/C16H16F3N3O2.2ClH/c1-15(2,20)14(23)22-11-5-8-13(21-9-11)24-12-6-3-10(4-7-12)16(17,18)19;;/h3-9H,20H2,1-2H3,(H,22,23);2*1H. The number of hydrogen-bond acceptors (Lipinski definition) is 4. The van der Waals surface area contributed by atoms with Gasteiger partial charge in [0.15, 0.2) is 0 Å². The van der Waals surface area contributed by atoms with E-state index in [9.17, 15) is 18.0 Å². The Hall–Kier alpha value is -2.03. The molecule has 2 aromatic rings. The lowest BCUT2D eigenvalue weighted by atomic mass is 10.1. The summed E-state index contributed by atoms with van der Waals surface area (Å²) < 4.78 is 42.8. The second kappa shape index (κ2) is 9.07. The molecule has 0 aliphatic carbocycles. The predicted molar refractivity (Wildman–Crippen MR) is 97.1 cm³/mol. The molecule has 1 heterocycles. The molecule has 0 radical (unpaired) electrons. The molecule has 144 valence electrons. The third-order valence-corrected chi connectivity index (χ3v) is 2.98. The largest absolute Gasteiger partial charge is 0.439 e. The Morgan fingerprint density at radius 1 is 1.08 bits per heavy atom. The molecule has 1 aromatic heterocycles. The van der Waals surface area contributed by atoms with Crippen LogP contribution in [-0.2, 0) is 11.0 Å². The summed E-state index contributed by atoms with van der Waals surface area (Å²) in [6.07, 6.45) is -3.03. The minimum Gasteiger partial charge on any atom is -0.439 e. The second-order valence-electron chi connectivity index (χ2n) is 5.69. The van der Waals surface area contributed by atoms with E-state index in [0.717, 1.165) is 12.1 Å². The number of nitrogens with zero attached hydrogens (tertiary/aromatic N) is 1. The van der Waals surface area contributed by atoms with E-state index in [4.69, 9.17) is 10.5 Å². The van der Waals surface area contributed by atoms with Gasteiger partial charge < -0.3 is 15.8 Å². The van der Waals surface area contributed by atoms with Crippen molar-refractivity contribution in [1.29, 1.82) is 0 Å². The average Bonchev–Trinajstić information content (AvgIpc) is 2.48. The number of carbonyl (C=O) groups is 1. The Bertz CT molecular complexity index is 716. The number of rotatable bonds is 4. The average molecular weight is 412 g/mol. The van der Waals surface area contributed by atoms with E-state index in [2.05, 4.69) is 10.3 Å². The van der Waals surface area contributed by atoms with Gasteiger partial charge in [0, 0.05) is 6.07 Å². The zero-order valence-electron chi connectivity index (χ0n) is 13.8. The van der Waals surface area contributed by atoms with Gasteiger partial charge in [-0.1, -0.05) is 0 Å². The van der Waals surface area contributed by atoms with Gasteiger partial charge in [0.05, 0.1) is 23.0 Å². The number of carbonyl (C=O) groups excluding carboxylic acids is 1. The molecule has 0 saturated carbocycles. The highest BCUT2D eigenvalue weighted by atomic mass is 35.5. The van der Waals surface area contributed by atoms with Crippen LogP contribution in [0.15, 0.2) is 42.6 Å². The number of ether oxygens (including phenoxy) is 1. The number of alkyl halides is 3. The van der Waals surface area contributed by atoms with E-state index in [1.165, 1.54) is 24.4 Å². The summed E-state index contributed by atoms with van der Waals surface area (Å²) in [6, 6.07) is 7.29. The zero-order chi connectivity index (χ0) is 18.0. The third kappa shape index (κ3) is 6.70. The summed E-state index contributed by atoms with van der Waals surface area (Å²) in [5.41, 5.74) is 4.30. The maximum absolute atomic E-state index is 12.5. The van der Waals surface area contributed by atoms with Crippen LogP contribution in [0.25, 0.3) is 0 Å². The van der Waals surface area contributed by atoms with Crippen LogP contribution >= 0.6 is 24.8 Å². The second-order valence-corrected chi connectivity index (χ2v) is 5.69. The van der Waals surface area contributed by atoms with Crippen molar-refractivity contribution in [2.45, 2.75) is 25.6 Å². The first-order chi connectivity index (χ1) is 11.1. The van der Waals surface area contributed by atoms with Crippen LogP contribution < -0.4 is 15.8 Å². The van der Waals surface area contributed by atoms with Gasteiger partial charge in [-0.25, -0.2) is 4.98 Å². The minimum atomic E-state index is -4.40. The predicted octanol–water partition coefficient (Wildman–Crippen LogP) is 4.41. The van der Waals surface area contributed by atoms with Gasteiger partial charge in [-0.3, -0.25) is 4.79 Å². The Balaban J connectivity index is 0.00000312. The SMILES string of the molecule is CC(C)(N)C(=O)Nc1ccc(Oc2ccc(C(F)(F)F)cc2)nc1.Cl.Cl. The number of anilines is 1. The van der Waals surface area contributed by atoms with Crippen molar-refractivity contribution >= 4 is 36.4 Å². The number of nitrogens with two attached hydrogens (primary N) is 1. The normalized spacial score (nSPS) is 11.0. The van der Waals surface area contributed by atoms with Crippen molar-refractivity contribution in [3.05, 3.63) is 48.2 Å². The van der Waals surface area contributed by atoms with Crippen LogP contribution in [0.2, 0.25) is 0 Å². The topological polar surface area (TPSA) is 77.2 Å². The van der Waals surface area contributed by atoms with Crippen molar-refractivity contribution < 1.29 is 22.7 Å². The van der Waals surface area contributed by atoms with Gasteiger partial charge in [0.2, 0.25) is 11.8 Å². The highest BCUT2D eigenvalue weighted by molar-refractivity contribution is 5.97. The van der Waals surface area contributed by atoms with Crippen molar-refractivity contribution in [1.82, 2.24) is 4.98 Å². The van der Waals surface area contributed by atoms with Crippen LogP contribution in [0.1, 0.15) is 19.4 Å². The van der Waals surface area contributed by atoms with E-state index >= 15 is 0 Å². The fourth-order valence-corrected chi connectivity index (χ4v) is 1.64. The molecule has 0 spiro atoms. The van der Waals surface area contributed by atoms with Crippen LogP contribution in [0.5, 0.6) is 11.6 Å². The van der Waals surface area contributed by atoms with E-state index < -0.39 is 17.3 Å². The summed E-state index contributed by atoms with van der Waals surface area (Å²) in [7, 11) is 0. The Kier molecular flexibility index (Phi) is 8.36. The molecule has 0 atom stereocenters. The fraction of sp³-hybridized carbons (Fsp3) is 0.250. The highest BCUT2D eigenvalue weighted by Crippen LogP contribution is 2.31. The first-order valence-corrected chi connectivity index (χ1v) is 6.97. The summed E-state index contributed by atoms with van der Waals surface area (Å²) in [5, 5.41) is 2.59.